The molecule has 150 valence electrons. The number of halogens is 2. The minimum absolute atomic E-state index is 0.0236. The highest BCUT2D eigenvalue weighted by atomic mass is 32.2. The summed E-state index contributed by atoms with van der Waals surface area (Å²) >= 11 is 1.12. The van der Waals surface area contributed by atoms with Gasteiger partial charge in [-0.1, -0.05) is 11.8 Å². The molecule has 3 aliphatic rings. The van der Waals surface area contributed by atoms with E-state index in [1.807, 2.05) is 11.1 Å². The highest BCUT2D eigenvalue weighted by molar-refractivity contribution is 8.14. The second kappa shape index (κ2) is 8.70. The topological polar surface area (TPSA) is 104 Å². The Labute approximate surface area is 163 Å². The number of allylic oxidation sites excluding steroid dienone is 1. The third-order valence-corrected chi connectivity index (χ3v) is 6.77. The van der Waals surface area contributed by atoms with Crippen molar-refractivity contribution in [3.8, 4) is 0 Å². The van der Waals surface area contributed by atoms with E-state index in [1.54, 1.807) is 7.05 Å². The van der Waals surface area contributed by atoms with Crippen molar-refractivity contribution in [1.82, 2.24) is 10.2 Å². The molecule has 0 aromatic rings. The minimum atomic E-state index is -1.24. The van der Waals surface area contributed by atoms with E-state index in [9.17, 15) is 8.78 Å². The average molecular weight is 399 g/mol. The Morgan fingerprint density at radius 2 is 2.22 bits per heavy atom. The van der Waals surface area contributed by atoms with Crippen LogP contribution in [0.15, 0.2) is 28.5 Å². The van der Waals surface area contributed by atoms with Crippen LogP contribution >= 0.6 is 11.8 Å². The minimum Gasteiger partial charge on any atom is -0.404 e. The summed E-state index contributed by atoms with van der Waals surface area (Å²) in [6.07, 6.45) is 2.36. The third-order valence-electron chi connectivity index (χ3n) is 5.69. The predicted octanol–water partition coefficient (Wildman–Crippen LogP) is 1.60. The fourth-order valence-corrected chi connectivity index (χ4v) is 5.12. The molecular formula is C18H28F2N6S. The number of nitrogens with two attached hydrogens (primary N) is 2. The van der Waals surface area contributed by atoms with Gasteiger partial charge < -0.3 is 21.7 Å². The van der Waals surface area contributed by atoms with Gasteiger partial charge in [-0.15, -0.1) is 0 Å². The van der Waals surface area contributed by atoms with Crippen molar-refractivity contribution in [2.75, 3.05) is 26.7 Å². The van der Waals surface area contributed by atoms with Crippen LogP contribution in [0.1, 0.15) is 12.8 Å². The molecule has 1 saturated heterocycles. The summed E-state index contributed by atoms with van der Waals surface area (Å²) in [5.74, 6) is -0.795. The zero-order valence-corrected chi connectivity index (χ0v) is 16.3. The fourth-order valence-electron chi connectivity index (χ4n) is 4.15. The monoisotopic (exact) mass is 398 g/mol. The van der Waals surface area contributed by atoms with Gasteiger partial charge in [-0.2, -0.15) is 0 Å². The molecule has 0 radical (unpaired) electrons. The molecule has 6 N–H and O–H groups in total. The molecule has 6 nitrogen and oxygen atoms in total. The van der Waals surface area contributed by atoms with Crippen molar-refractivity contribution in [2.45, 2.75) is 30.6 Å². The van der Waals surface area contributed by atoms with E-state index in [0.717, 1.165) is 31.4 Å². The number of hydrogen-bond acceptors (Lipinski definition) is 6. The Kier molecular flexibility index (Phi) is 6.54. The van der Waals surface area contributed by atoms with Crippen molar-refractivity contribution >= 4 is 23.1 Å². The molecule has 0 spiro atoms. The first-order valence-corrected chi connectivity index (χ1v) is 10.1. The lowest BCUT2D eigenvalue weighted by atomic mass is 9.76. The van der Waals surface area contributed by atoms with E-state index >= 15 is 0 Å². The molecular weight excluding hydrogens is 370 g/mol. The van der Waals surface area contributed by atoms with Crippen LogP contribution in [0.4, 0.5) is 8.78 Å². The molecule has 0 aromatic carbocycles. The van der Waals surface area contributed by atoms with Gasteiger partial charge in [-0.3, -0.25) is 10.4 Å². The Morgan fingerprint density at radius 1 is 1.44 bits per heavy atom. The molecule has 1 saturated carbocycles. The summed E-state index contributed by atoms with van der Waals surface area (Å²) in [5.41, 5.74) is 13.5. The van der Waals surface area contributed by atoms with Crippen LogP contribution in [0.2, 0.25) is 0 Å². The van der Waals surface area contributed by atoms with Crippen LogP contribution in [0.5, 0.6) is 0 Å². The zero-order valence-electron chi connectivity index (χ0n) is 15.4. The molecule has 2 fully saturated rings. The summed E-state index contributed by atoms with van der Waals surface area (Å²) in [6.45, 7) is 2.52. The van der Waals surface area contributed by atoms with Gasteiger partial charge in [-0.25, -0.2) is 8.78 Å². The summed E-state index contributed by atoms with van der Waals surface area (Å²) in [5, 5.41) is 11.3. The maximum absolute atomic E-state index is 14.8. The fraction of sp³-hybridized carbons (Fsp3) is 0.667. The molecule has 1 aliphatic carbocycles. The maximum Gasteiger partial charge on any atom is 0.161 e. The van der Waals surface area contributed by atoms with Crippen LogP contribution in [0, 0.1) is 23.2 Å². The second-order valence-electron chi connectivity index (χ2n) is 7.40. The number of nitrogens with zero attached hydrogens (tertiary/aromatic N) is 2. The molecule has 6 atom stereocenters. The maximum atomic E-state index is 14.8. The van der Waals surface area contributed by atoms with Gasteiger partial charge in [0, 0.05) is 56.9 Å². The quantitative estimate of drug-likeness (QED) is 0.327. The van der Waals surface area contributed by atoms with Crippen LogP contribution in [-0.4, -0.2) is 60.7 Å². The number of fused-ring (bicyclic) bond motifs is 1. The SMILES string of the molecule is C/N=C\C(=C/N)C1CC(F)C([C@H](N)SC(=N)N2C=C3CNCC3C2)C[C@H]1F. The van der Waals surface area contributed by atoms with E-state index in [0.29, 0.717) is 16.7 Å². The Bertz CT molecular complexity index is 652. The zero-order chi connectivity index (χ0) is 19.6. The lowest BCUT2D eigenvalue weighted by Gasteiger charge is -2.37. The standard InChI is InChI=1S/C18H28F2N6S/c1-24-5-10(4-21)13-2-16(20)14(3-15(13)19)17(22)27-18(23)26-8-11-6-25-7-12(11)9-26/h4-5,8,12-17,23,25H,2-3,6-7,9,21-22H2,1H3/b10-4+,23-18?,24-5-/t12?,13?,14?,15-,16?,17-/m1/s1. The summed E-state index contributed by atoms with van der Waals surface area (Å²) < 4.78 is 29.5. The van der Waals surface area contributed by atoms with Gasteiger partial charge in [0.25, 0.3) is 0 Å². The summed E-state index contributed by atoms with van der Waals surface area (Å²) in [4.78, 5) is 5.73. The summed E-state index contributed by atoms with van der Waals surface area (Å²) in [6, 6.07) is 0. The van der Waals surface area contributed by atoms with Gasteiger partial charge in [0.05, 0.1) is 5.37 Å². The van der Waals surface area contributed by atoms with Crippen LogP contribution in [-0.2, 0) is 0 Å². The number of nitrogens with one attached hydrogen (secondary N) is 2. The van der Waals surface area contributed by atoms with Gasteiger partial charge >= 0.3 is 0 Å². The first-order valence-electron chi connectivity index (χ1n) is 9.25. The molecule has 0 amide bonds. The predicted molar refractivity (Wildman–Crippen MR) is 107 cm³/mol. The second-order valence-corrected chi connectivity index (χ2v) is 8.57. The van der Waals surface area contributed by atoms with E-state index < -0.39 is 29.6 Å². The molecule has 9 heteroatoms. The Balaban J connectivity index is 1.58. The molecule has 0 bridgehead atoms. The molecule has 2 aliphatic heterocycles. The largest absolute Gasteiger partial charge is 0.404 e. The van der Waals surface area contributed by atoms with Crippen molar-refractivity contribution in [3.05, 3.63) is 23.5 Å². The highest BCUT2D eigenvalue weighted by Gasteiger charge is 2.42. The molecule has 2 heterocycles. The lowest BCUT2D eigenvalue weighted by Crippen LogP contribution is -2.44. The average Bonchev–Trinajstić information content (AvgIpc) is 3.23. The first kappa shape index (κ1) is 20.3. The van der Waals surface area contributed by atoms with Crippen LogP contribution < -0.4 is 16.8 Å². The number of hydrogen-bond donors (Lipinski definition) is 4. The van der Waals surface area contributed by atoms with Crippen molar-refractivity contribution < 1.29 is 8.78 Å². The third kappa shape index (κ3) is 4.35. The van der Waals surface area contributed by atoms with E-state index in [1.165, 1.54) is 18.0 Å². The molecule has 3 rings (SSSR count). The number of amidine groups is 1. The Hall–Kier alpha value is -1.45. The molecule has 0 aromatic heterocycles. The normalized spacial score (nSPS) is 35.4. The highest BCUT2D eigenvalue weighted by Crippen LogP contribution is 2.40. The van der Waals surface area contributed by atoms with Crippen molar-refractivity contribution in [2.24, 2.45) is 34.2 Å². The van der Waals surface area contributed by atoms with E-state index in [4.69, 9.17) is 16.9 Å². The lowest BCUT2D eigenvalue weighted by molar-refractivity contribution is 0.0698. The van der Waals surface area contributed by atoms with Gasteiger partial charge in [0.1, 0.15) is 12.3 Å². The van der Waals surface area contributed by atoms with E-state index in [2.05, 4.69) is 10.3 Å². The van der Waals surface area contributed by atoms with Crippen molar-refractivity contribution in [1.29, 1.82) is 5.41 Å². The number of thioether (sulfide) groups is 1. The van der Waals surface area contributed by atoms with Gasteiger partial charge in [0.15, 0.2) is 5.17 Å². The Morgan fingerprint density at radius 3 is 2.89 bits per heavy atom. The molecule has 27 heavy (non-hydrogen) atoms. The number of alkyl halides is 2. The number of rotatable bonds is 4. The molecule has 4 unspecified atom stereocenters. The van der Waals surface area contributed by atoms with Crippen LogP contribution in [0.3, 0.4) is 0 Å². The van der Waals surface area contributed by atoms with Gasteiger partial charge in [-0.05, 0) is 30.2 Å². The summed E-state index contributed by atoms with van der Waals surface area (Å²) in [7, 11) is 1.57. The van der Waals surface area contributed by atoms with E-state index in [-0.39, 0.29) is 12.8 Å². The van der Waals surface area contributed by atoms with Crippen LogP contribution in [0.25, 0.3) is 0 Å². The van der Waals surface area contributed by atoms with Crippen molar-refractivity contribution in [3.63, 3.8) is 0 Å². The number of aliphatic imine (C=N–C) groups is 1. The van der Waals surface area contributed by atoms with Gasteiger partial charge in [0.2, 0.25) is 0 Å². The first-order chi connectivity index (χ1) is 12.9. The smallest absolute Gasteiger partial charge is 0.161 e.